The van der Waals surface area contributed by atoms with E-state index in [1.54, 1.807) is 40.1 Å². The summed E-state index contributed by atoms with van der Waals surface area (Å²) in [5, 5.41) is 19.7. The highest BCUT2D eigenvalue weighted by molar-refractivity contribution is 6.42. The highest BCUT2D eigenvalue weighted by atomic mass is 35.5. The molecule has 1 N–H and O–H groups in total. The maximum Gasteiger partial charge on any atom is 0.265 e. The zero-order valence-corrected chi connectivity index (χ0v) is 18.5. The van der Waals surface area contributed by atoms with E-state index in [2.05, 4.69) is 10.4 Å². The number of rotatable bonds is 3. The fourth-order valence-electron chi connectivity index (χ4n) is 4.73. The molecule has 3 aliphatic rings. The Kier molecular flexibility index (Phi) is 5.06. The lowest BCUT2D eigenvalue weighted by Gasteiger charge is -2.34. The van der Waals surface area contributed by atoms with Crippen molar-refractivity contribution in [2.75, 3.05) is 11.9 Å². The Morgan fingerprint density at radius 3 is 2.84 bits per heavy atom. The standard InChI is InChI=1S/C22H19Cl2N5O3/c1-12-20(22(30)27-9-7-13-10-15(29(31)32)3-5-18(13)27)21(28-19(26-12)6-8-25-28)14-2-4-16(23)17(24)11-14/h2-6,8,10-11,13,18,21,26H,7,9H2,1H3. The van der Waals surface area contributed by atoms with E-state index in [-0.39, 0.29) is 23.6 Å². The fourth-order valence-corrected chi connectivity index (χ4v) is 5.03. The molecule has 1 fully saturated rings. The molecule has 8 nitrogen and oxygen atoms in total. The number of likely N-dealkylation sites (tertiary alicyclic amines) is 1. The summed E-state index contributed by atoms with van der Waals surface area (Å²) in [5.41, 5.74) is 2.14. The zero-order valence-electron chi connectivity index (χ0n) is 17.0. The molecule has 0 bridgehead atoms. The van der Waals surface area contributed by atoms with Gasteiger partial charge < -0.3 is 10.2 Å². The second-order valence-electron chi connectivity index (χ2n) is 8.05. The van der Waals surface area contributed by atoms with E-state index < -0.39 is 11.0 Å². The molecule has 1 aromatic heterocycles. The van der Waals surface area contributed by atoms with Crippen molar-refractivity contribution in [1.82, 2.24) is 14.7 Å². The molecule has 2 aliphatic heterocycles. The first-order valence-corrected chi connectivity index (χ1v) is 10.9. The second-order valence-corrected chi connectivity index (χ2v) is 8.86. The van der Waals surface area contributed by atoms with Crippen molar-refractivity contribution in [1.29, 1.82) is 0 Å². The lowest BCUT2D eigenvalue weighted by molar-refractivity contribution is -0.419. The van der Waals surface area contributed by atoms with Crippen LogP contribution in [-0.4, -0.2) is 38.1 Å². The Balaban J connectivity index is 1.54. The number of hydrogen-bond donors (Lipinski definition) is 1. The molecule has 1 amide bonds. The summed E-state index contributed by atoms with van der Waals surface area (Å²) in [6, 6.07) is 6.44. The SMILES string of the molecule is CC1=C(C(=O)N2CCC3C=C([N+](=O)[O-])C=CC32)C(c2ccc(Cl)c(Cl)c2)n2nccc2N1. The predicted molar refractivity (Wildman–Crippen MR) is 121 cm³/mol. The number of halogens is 2. The maximum absolute atomic E-state index is 13.9. The van der Waals surface area contributed by atoms with Gasteiger partial charge in [-0.15, -0.1) is 0 Å². The van der Waals surface area contributed by atoms with Crippen LogP contribution in [-0.2, 0) is 4.79 Å². The largest absolute Gasteiger partial charge is 0.344 e. The number of anilines is 1. The van der Waals surface area contributed by atoms with Crippen LogP contribution >= 0.6 is 23.2 Å². The van der Waals surface area contributed by atoms with Gasteiger partial charge >= 0.3 is 0 Å². The number of carbonyl (C=O) groups is 1. The molecule has 164 valence electrons. The Hall–Kier alpha value is -3.10. The van der Waals surface area contributed by atoms with Gasteiger partial charge in [-0.3, -0.25) is 14.9 Å². The first-order valence-electron chi connectivity index (χ1n) is 10.2. The molecule has 3 heterocycles. The molecular formula is C22H19Cl2N5O3. The number of aromatic nitrogens is 2. The van der Waals surface area contributed by atoms with Crippen LogP contribution < -0.4 is 5.32 Å². The summed E-state index contributed by atoms with van der Waals surface area (Å²) in [7, 11) is 0. The van der Waals surface area contributed by atoms with Crippen LogP contribution in [0.2, 0.25) is 10.0 Å². The molecule has 0 spiro atoms. The van der Waals surface area contributed by atoms with Gasteiger partial charge in [0.1, 0.15) is 11.9 Å². The second kappa shape index (κ2) is 7.79. The number of nitrogens with zero attached hydrogens (tertiary/aromatic N) is 4. The van der Waals surface area contributed by atoms with E-state index in [1.165, 1.54) is 6.08 Å². The highest BCUT2D eigenvalue weighted by Crippen LogP contribution is 2.40. The summed E-state index contributed by atoms with van der Waals surface area (Å²) in [6.45, 7) is 2.38. The van der Waals surface area contributed by atoms with Crippen LogP contribution in [0, 0.1) is 16.0 Å². The molecule has 1 aliphatic carbocycles. The molecular weight excluding hydrogens is 453 g/mol. The van der Waals surface area contributed by atoms with Gasteiger partial charge in [0.15, 0.2) is 0 Å². The van der Waals surface area contributed by atoms with E-state index in [4.69, 9.17) is 23.2 Å². The number of nitrogens with one attached hydrogen (secondary N) is 1. The Morgan fingerprint density at radius 2 is 2.09 bits per heavy atom. The first kappa shape index (κ1) is 20.8. The molecule has 3 atom stereocenters. The number of carbonyl (C=O) groups excluding carboxylic acids is 1. The molecule has 3 unspecified atom stereocenters. The minimum atomic E-state index is -0.486. The molecule has 1 aromatic carbocycles. The van der Waals surface area contributed by atoms with Crippen LogP contribution in [0.1, 0.15) is 24.9 Å². The predicted octanol–water partition coefficient (Wildman–Crippen LogP) is 4.43. The van der Waals surface area contributed by atoms with Crippen molar-refractivity contribution in [3.63, 3.8) is 0 Å². The number of hydrogen-bond acceptors (Lipinski definition) is 5. The molecule has 5 rings (SSSR count). The van der Waals surface area contributed by atoms with Crippen LogP contribution in [0.3, 0.4) is 0 Å². The van der Waals surface area contributed by atoms with Crippen molar-refractivity contribution in [3.8, 4) is 0 Å². The van der Waals surface area contributed by atoms with Gasteiger partial charge in [-0.2, -0.15) is 5.10 Å². The van der Waals surface area contributed by atoms with Crippen molar-refractivity contribution in [3.05, 3.63) is 91.4 Å². The topological polar surface area (TPSA) is 93.3 Å². The number of allylic oxidation sites excluding steroid dienone is 2. The molecule has 32 heavy (non-hydrogen) atoms. The smallest absolute Gasteiger partial charge is 0.265 e. The van der Waals surface area contributed by atoms with Gasteiger partial charge in [-0.25, -0.2) is 4.68 Å². The Labute approximate surface area is 193 Å². The summed E-state index contributed by atoms with van der Waals surface area (Å²) in [4.78, 5) is 26.4. The van der Waals surface area contributed by atoms with E-state index in [9.17, 15) is 14.9 Å². The van der Waals surface area contributed by atoms with E-state index >= 15 is 0 Å². The van der Waals surface area contributed by atoms with Crippen molar-refractivity contribution >= 4 is 34.9 Å². The normalized spacial score (nSPS) is 24.0. The van der Waals surface area contributed by atoms with E-state index in [0.29, 0.717) is 28.6 Å². The van der Waals surface area contributed by atoms with Crippen LogP contribution in [0.25, 0.3) is 0 Å². The van der Waals surface area contributed by atoms with E-state index in [0.717, 1.165) is 17.1 Å². The third kappa shape index (κ3) is 3.30. The maximum atomic E-state index is 13.9. The van der Waals surface area contributed by atoms with Crippen molar-refractivity contribution < 1.29 is 9.72 Å². The quantitative estimate of drug-likeness (QED) is 0.527. The molecule has 1 saturated heterocycles. The van der Waals surface area contributed by atoms with Crippen molar-refractivity contribution in [2.24, 2.45) is 5.92 Å². The average Bonchev–Trinajstić information content (AvgIpc) is 3.40. The van der Waals surface area contributed by atoms with Gasteiger partial charge in [0, 0.05) is 30.3 Å². The monoisotopic (exact) mass is 471 g/mol. The summed E-state index contributed by atoms with van der Waals surface area (Å²) in [5.74, 6) is 0.554. The average molecular weight is 472 g/mol. The van der Waals surface area contributed by atoms with Gasteiger partial charge in [-0.05, 0) is 37.1 Å². The molecule has 10 heteroatoms. The third-order valence-electron chi connectivity index (χ3n) is 6.22. The van der Waals surface area contributed by atoms with Gasteiger partial charge in [0.25, 0.3) is 11.6 Å². The van der Waals surface area contributed by atoms with Crippen LogP contribution in [0.15, 0.2) is 65.7 Å². The number of fused-ring (bicyclic) bond motifs is 2. The number of amides is 1. The van der Waals surface area contributed by atoms with Crippen molar-refractivity contribution in [2.45, 2.75) is 25.4 Å². The zero-order chi connectivity index (χ0) is 22.6. The molecule has 0 radical (unpaired) electrons. The van der Waals surface area contributed by atoms with Crippen LogP contribution in [0.4, 0.5) is 5.82 Å². The minimum absolute atomic E-state index is 0.0742. The Morgan fingerprint density at radius 1 is 1.28 bits per heavy atom. The minimum Gasteiger partial charge on any atom is -0.344 e. The number of nitro groups is 1. The summed E-state index contributed by atoms with van der Waals surface area (Å²) >= 11 is 12.4. The number of benzene rings is 1. The molecule has 2 aromatic rings. The fraction of sp³-hybridized carbons (Fsp3) is 0.273. The summed E-state index contributed by atoms with van der Waals surface area (Å²) < 4.78 is 1.76. The lowest BCUT2D eigenvalue weighted by Crippen LogP contribution is -2.41. The van der Waals surface area contributed by atoms with Crippen LogP contribution in [0.5, 0.6) is 0 Å². The van der Waals surface area contributed by atoms with Gasteiger partial charge in [-0.1, -0.05) is 35.3 Å². The lowest BCUT2D eigenvalue weighted by atomic mass is 9.92. The van der Waals surface area contributed by atoms with Gasteiger partial charge in [0.05, 0.1) is 32.8 Å². The Bertz CT molecular complexity index is 1230. The van der Waals surface area contributed by atoms with Gasteiger partial charge in [0.2, 0.25) is 0 Å². The molecule has 0 saturated carbocycles. The first-order chi connectivity index (χ1) is 15.3. The highest BCUT2D eigenvalue weighted by Gasteiger charge is 2.42. The summed E-state index contributed by atoms with van der Waals surface area (Å²) in [6.07, 6.45) is 7.23. The van der Waals surface area contributed by atoms with E-state index in [1.807, 2.05) is 19.1 Å². The third-order valence-corrected chi connectivity index (χ3v) is 6.96.